The number of carbonyl (C=O) groups is 1. The summed E-state index contributed by atoms with van der Waals surface area (Å²) in [6, 6.07) is 4.49. The number of benzene rings is 1. The molecule has 0 saturated heterocycles. The first-order valence-corrected chi connectivity index (χ1v) is 5.08. The molecule has 0 aliphatic rings. The Morgan fingerprint density at radius 2 is 2.25 bits per heavy atom. The standard InChI is InChI=1S/C12H16FNO2/c1-8-4-5-10(13)9(6-8)11(14-2)7-12(15)16-3/h4-6,11,14H,7H2,1-3H3. The minimum Gasteiger partial charge on any atom is -0.469 e. The van der Waals surface area contributed by atoms with Crippen LogP contribution < -0.4 is 5.32 Å². The third-order valence-electron chi connectivity index (χ3n) is 2.47. The first-order valence-electron chi connectivity index (χ1n) is 5.08. The third-order valence-corrected chi connectivity index (χ3v) is 2.47. The van der Waals surface area contributed by atoms with E-state index < -0.39 is 0 Å². The number of halogens is 1. The van der Waals surface area contributed by atoms with E-state index in [9.17, 15) is 9.18 Å². The van der Waals surface area contributed by atoms with Crippen LogP contribution in [-0.4, -0.2) is 20.1 Å². The molecule has 0 spiro atoms. The Kier molecular flexibility index (Phi) is 4.43. The molecular formula is C12H16FNO2. The van der Waals surface area contributed by atoms with Gasteiger partial charge < -0.3 is 10.1 Å². The van der Waals surface area contributed by atoms with Crippen LogP contribution in [0.15, 0.2) is 18.2 Å². The highest BCUT2D eigenvalue weighted by atomic mass is 19.1. The van der Waals surface area contributed by atoms with Gasteiger partial charge in [0.1, 0.15) is 5.82 Å². The normalized spacial score (nSPS) is 12.2. The van der Waals surface area contributed by atoms with Crippen LogP contribution in [0.4, 0.5) is 4.39 Å². The van der Waals surface area contributed by atoms with E-state index in [0.29, 0.717) is 5.56 Å². The van der Waals surface area contributed by atoms with Crippen molar-refractivity contribution in [3.63, 3.8) is 0 Å². The number of esters is 1. The van der Waals surface area contributed by atoms with Gasteiger partial charge in [-0.15, -0.1) is 0 Å². The van der Waals surface area contributed by atoms with Gasteiger partial charge >= 0.3 is 5.97 Å². The molecule has 3 nitrogen and oxygen atoms in total. The lowest BCUT2D eigenvalue weighted by atomic mass is 10.0. The predicted molar refractivity (Wildman–Crippen MR) is 59.6 cm³/mol. The van der Waals surface area contributed by atoms with E-state index in [1.54, 1.807) is 19.2 Å². The minimum absolute atomic E-state index is 0.118. The van der Waals surface area contributed by atoms with Crippen LogP contribution in [0.5, 0.6) is 0 Å². The van der Waals surface area contributed by atoms with Crippen molar-refractivity contribution in [3.8, 4) is 0 Å². The van der Waals surface area contributed by atoms with E-state index in [-0.39, 0.29) is 24.2 Å². The molecule has 0 aromatic heterocycles. The second-order valence-corrected chi connectivity index (χ2v) is 3.65. The van der Waals surface area contributed by atoms with Gasteiger partial charge in [0.25, 0.3) is 0 Å². The average molecular weight is 225 g/mol. The van der Waals surface area contributed by atoms with Crippen molar-refractivity contribution < 1.29 is 13.9 Å². The zero-order valence-corrected chi connectivity index (χ0v) is 9.71. The summed E-state index contributed by atoms with van der Waals surface area (Å²) in [6.45, 7) is 1.88. The van der Waals surface area contributed by atoms with E-state index >= 15 is 0 Å². The molecule has 0 fully saturated rings. The number of carbonyl (C=O) groups excluding carboxylic acids is 1. The zero-order valence-electron chi connectivity index (χ0n) is 9.71. The number of methoxy groups -OCH3 is 1. The van der Waals surface area contributed by atoms with Crippen LogP contribution in [0.1, 0.15) is 23.6 Å². The first kappa shape index (κ1) is 12.6. The molecule has 0 amide bonds. The Morgan fingerprint density at radius 3 is 2.81 bits per heavy atom. The highest BCUT2D eigenvalue weighted by molar-refractivity contribution is 5.70. The van der Waals surface area contributed by atoms with Crippen LogP contribution >= 0.6 is 0 Å². The highest BCUT2D eigenvalue weighted by Gasteiger charge is 2.18. The smallest absolute Gasteiger partial charge is 0.307 e. The predicted octanol–water partition coefficient (Wildman–Crippen LogP) is 1.96. The molecule has 0 aliphatic carbocycles. The van der Waals surface area contributed by atoms with Gasteiger partial charge in [0.15, 0.2) is 0 Å². The molecule has 88 valence electrons. The highest BCUT2D eigenvalue weighted by Crippen LogP contribution is 2.21. The molecule has 1 rings (SSSR count). The fourth-order valence-electron chi connectivity index (χ4n) is 1.55. The Labute approximate surface area is 94.6 Å². The molecule has 1 atom stereocenters. The van der Waals surface area contributed by atoms with Gasteiger partial charge in [0.2, 0.25) is 0 Å². The molecule has 0 heterocycles. The number of hydrogen-bond acceptors (Lipinski definition) is 3. The maximum absolute atomic E-state index is 13.6. The van der Waals surface area contributed by atoms with Crippen molar-refractivity contribution in [2.45, 2.75) is 19.4 Å². The van der Waals surface area contributed by atoms with Gasteiger partial charge in [-0.1, -0.05) is 17.7 Å². The number of hydrogen-bond donors (Lipinski definition) is 1. The SMILES string of the molecule is CNC(CC(=O)OC)c1cc(C)ccc1F. The van der Waals surface area contributed by atoms with E-state index in [4.69, 9.17) is 0 Å². The number of rotatable bonds is 4. The van der Waals surface area contributed by atoms with Crippen molar-refractivity contribution in [1.29, 1.82) is 0 Å². The Bertz CT molecular complexity index is 379. The third kappa shape index (κ3) is 3.03. The van der Waals surface area contributed by atoms with Crippen molar-refractivity contribution in [2.75, 3.05) is 14.2 Å². The average Bonchev–Trinajstić information content (AvgIpc) is 2.29. The molecule has 0 saturated carbocycles. The van der Waals surface area contributed by atoms with E-state index in [1.165, 1.54) is 13.2 Å². The molecule has 0 radical (unpaired) electrons. The summed E-state index contributed by atoms with van der Waals surface area (Å²) in [7, 11) is 3.01. The van der Waals surface area contributed by atoms with E-state index in [0.717, 1.165) is 5.56 Å². The number of ether oxygens (including phenoxy) is 1. The summed E-state index contributed by atoms with van der Waals surface area (Å²) in [5.74, 6) is -0.672. The van der Waals surface area contributed by atoms with E-state index in [2.05, 4.69) is 10.1 Å². The first-order chi connectivity index (χ1) is 7.58. The molecule has 1 N–H and O–H groups in total. The summed E-state index contributed by atoms with van der Waals surface area (Å²) < 4.78 is 18.1. The molecule has 16 heavy (non-hydrogen) atoms. The largest absolute Gasteiger partial charge is 0.469 e. The number of aryl methyl sites for hydroxylation is 1. The topological polar surface area (TPSA) is 38.3 Å². The second-order valence-electron chi connectivity index (χ2n) is 3.65. The minimum atomic E-state index is -0.361. The molecule has 0 aliphatic heterocycles. The van der Waals surface area contributed by atoms with Crippen LogP contribution in [0.25, 0.3) is 0 Å². The molecule has 1 unspecified atom stereocenters. The van der Waals surface area contributed by atoms with Crippen LogP contribution in [-0.2, 0) is 9.53 Å². The van der Waals surface area contributed by atoms with Gasteiger partial charge in [-0.05, 0) is 20.0 Å². The van der Waals surface area contributed by atoms with Crippen molar-refractivity contribution in [3.05, 3.63) is 35.1 Å². The van der Waals surface area contributed by atoms with E-state index in [1.807, 2.05) is 6.92 Å². The number of nitrogens with one attached hydrogen (secondary N) is 1. The Balaban J connectivity index is 2.94. The molecule has 4 heteroatoms. The molecular weight excluding hydrogens is 209 g/mol. The molecule has 1 aromatic rings. The lowest BCUT2D eigenvalue weighted by molar-refractivity contribution is -0.141. The van der Waals surface area contributed by atoms with Gasteiger partial charge in [-0.3, -0.25) is 4.79 Å². The summed E-state index contributed by atoms with van der Waals surface area (Å²) in [4.78, 5) is 11.2. The maximum Gasteiger partial charge on any atom is 0.307 e. The fourth-order valence-corrected chi connectivity index (χ4v) is 1.55. The van der Waals surface area contributed by atoms with Crippen molar-refractivity contribution in [2.24, 2.45) is 0 Å². The summed E-state index contributed by atoms with van der Waals surface area (Å²) in [5, 5.41) is 2.91. The van der Waals surface area contributed by atoms with Gasteiger partial charge in [0.05, 0.1) is 13.5 Å². The van der Waals surface area contributed by atoms with Gasteiger partial charge in [-0.25, -0.2) is 4.39 Å². The maximum atomic E-state index is 13.6. The van der Waals surface area contributed by atoms with Crippen LogP contribution in [0.3, 0.4) is 0 Å². The van der Waals surface area contributed by atoms with Gasteiger partial charge in [0, 0.05) is 11.6 Å². The summed E-state index contributed by atoms with van der Waals surface area (Å²) in [5.41, 5.74) is 1.45. The fraction of sp³-hybridized carbons (Fsp3) is 0.417. The Morgan fingerprint density at radius 1 is 1.56 bits per heavy atom. The molecule has 1 aromatic carbocycles. The lowest BCUT2D eigenvalue weighted by Crippen LogP contribution is -2.21. The van der Waals surface area contributed by atoms with Crippen molar-refractivity contribution in [1.82, 2.24) is 5.32 Å². The summed E-state index contributed by atoms with van der Waals surface area (Å²) >= 11 is 0. The zero-order chi connectivity index (χ0) is 12.1. The molecule has 0 bridgehead atoms. The van der Waals surface area contributed by atoms with Crippen LogP contribution in [0, 0.1) is 12.7 Å². The Hall–Kier alpha value is -1.42. The van der Waals surface area contributed by atoms with Crippen molar-refractivity contribution >= 4 is 5.97 Å². The van der Waals surface area contributed by atoms with Gasteiger partial charge in [-0.2, -0.15) is 0 Å². The second kappa shape index (κ2) is 5.61. The summed E-state index contributed by atoms with van der Waals surface area (Å²) in [6.07, 6.45) is 0.118. The van der Waals surface area contributed by atoms with Crippen LogP contribution in [0.2, 0.25) is 0 Å². The lowest BCUT2D eigenvalue weighted by Gasteiger charge is -2.16. The monoisotopic (exact) mass is 225 g/mol. The quantitative estimate of drug-likeness (QED) is 0.796.